The molecule has 0 saturated carbocycles. The van der Waals surface area contributed by atoms with E-state index in [1.165, 1.54) is 4.88 Å². The minimum atomic E-state index is -0.726. The van der Waals surface area contributed by atoms with E-state index in [9.17, 15) is 4.79 Å². The van der Waals surface area contributed by atoms with E-state index in [1.54, 1.807) is 11.3 Å². The van der Waals surface area contributed by atoms with Crippen LogP contribution in [0, 0.1) is 0 Å². The Kier molecular flexibility index (Phi) is 5.42. The van der Waals surface area contributed by atoms with Crippen molar-refractivity contribution >= 4 is 17.3 Å². The van der Waals surface area contributed by atoms with E-state index >= 15 is 0 Å². The van der Waals surface area contributed by atoms with Crippen molar-refractivity contribution in [3.8, 4) is 0 Å². The largest absolute Gasteiger partial charge is 0.481 e. The monoisotopic (exact) mass is 242 g/mol. The fourth-order valence-corrected chi connectivity index (χ4v) is 2.34. The number of nitrogens with zero attached hydrogens (tertiary/aromatic N) is 2. The minimum Gasteiger partial charge on any atom is -0.481 e. The zero-order valence-electron chi connectivity index (χ0n) is 9.77. The van der Waals surface area contributed by atoms with Crippen LogP contribution in [-0.4, -0.2) is 34.6 Å². The Morgan fingerprint density at radius 2 is 2.38 bits per heavy atom. The normalized spacial score (nSPS) is 10.9. The van der Waals surface area contributed by atoms with Crippen LogP contribution in [0.15, 0.2) is 6.20 Å². The van der Waals surface area contributed by atoms with E-state index in [4.69, 9.17) is 5.11 Å². The molecular formula is C11H18N2O2S. The average Bonchev–Trinajstić information content (AvgIpc) is 2.65. The lowest BCUT2D eigenvalue weighted by Gasteiger charge is -2.13. The predicted molar refractivity (Wildman–Crippen MR) is 64.7 cm³/mol. The van der Waals surface area contributed by atoms with E-state index in [2.05, 4.69) is 16.8 Å². The number of carbonyl (C=O) groups is 1. The summed E-state index contributed by atoms with van der Waals surface area (Å²) in [6.07, 6.45) is 3.88. The van der Waals surface area contributed by atoms with Gasteiger partial charge in [0.1, 0.15) is 5.01 Å². The van der Waals surface area contributed by atoms with Gasteiger partial charge in [-0.05, 0) is 26.4 Å². The van der Waals surface area contributed by atoms with Gasteiger partial charge in [0.15, 0.2) is 0 Å². The van der Waals surface area contributed by atoms with Gasteiger partial charge in [0, 0.05) is 17.5 Å². The number of carboxylic acids is 1. The fourth-order valence-electron chi connectivity index (χ4n) is 1.39. The van der Waals surface area contributed by atoms with Crippen LogP contribution >= 0.6 is 11.3 Å². The molecule has 0 aliphatic heterocycles. The van der Waals surface area contributed by atoms with Crippen LogP contribution in [0.1, 0.15) is 29.7 Å². The third kappa shape index (κ3) is 4.72. The molecule has 0 bridgehead atoms. The Balaban J connectivity index is 2.28. The van der Waals surface area contributed by atoms with E-state index in [1.807, 2.05) is 13.2 Å². The van der Waals surface area contributed by atoms with Crippen molar-refractivity contribution in [2.24, 2.45) is 0 Å². The van der Waals surface area contributed by atoms with Crippen LogP contribution in [0.25, 0.3) is 0 Å². The number of thiazole rings is 1. The summed E-state index contributed by atoms with van der Waals surface area (Å²) in [7, 11) is 1.99. The van der Waals surface area contributed by atoms with Gasteiger partial charge in [0.2, 0.25) is 0 Å². The summed E-state index contributed by atoms with van der Waals surface area (Å²) in [6.45, 7) is 3.73. The SMILES string of the molecule is CCc1cnc(CN(C)CCCC(=O)O)s1. The summed E-state index contributed by atoms with van der Waals surface area (Å²) in [5.74, 6) is -0.726. The molecule has 0 fully saturated rings. The molecule has 1 N–H and O–H groups in total. The first-order valence-corrected chi connectivity index (χ1v) is 6.27. The van der Waals surface area contributed by atoms with Crippen LogP contribution < -0.4 is 0 Å². The summed E-state index contributed by atoms with van der Waals surface area (Å²) >= 11 is 1.73. The van der Waals surface area contributed by atoms with Crippen molar-refractivity contribution in [1.29, 1.82) is 0 Å². The number of rotatable bonds is 7. The molecule has 16 heavy (non-hydrogen) atoms. The first kappa shape index (κ1) is 13.1. The highest BCUT2D eigenvalue weighted by molar-refractivity contribution is 7.11. The maximum Gasteiger partial charge on any atom is 0.303 e. The topological polar surface area (TPSA) is 53.4 Å². The van der Waals surface area contributed by atoms with Gasteiger partial charge in [-0.3, -0.25) is 9.69 Å². The maximum atomic E-state index is 10.4. The Hall–Kier alpha value is -0.940. The predicted octanol–water partition coefficient (Wildman–Crippen LogP) is 2.00. The molecule has 1 aromatic rings. The molecule has 0 radical (unpaired) electrons. The standard InChI is InChI=1S/C11H18N2O2S/c1-3-9-7-12-10(16-9)8-13(2)6-4-5-11(14)15/h7H,3-6,8H2,1-2H3,(H,14,15). The molecule has 0 aliphatic carbocycles. The van der Waals surface area contributed by atoms with Gasteiger partial charge >= 0.3 is 5.97 Å². The Bertz CT molecular complexity index is 338. The third-order valence-electron chi connectivity index (χ3n) is 2.29. The Labute approximate surface area is 99.9 Å². The highest BCUT2D eigenvalue weighted by Gasteiger charge is 2.05. The quantitative estimate of drug-likeness (QED) is 0.794. The minimum absolute atomic E-state index is 0.239. The van der Waals surface area contributed by atoms with Gasteiger partial charge in [0.25, 0.3) is 0 Å². The van der Waals surface area contributed by atoms with Crippen molar-refractivity contribution in [2.75, 3.05) is 13.6 Å². The number of hydrogen-bond donors (Lipinski definition) is 1. The molecule has 0 atom stereocenters. The summed E-state index contributed by atoms with van der Waals surface area (Å²) < 4.78 is 0. The van der Waals surface area contributed by atoms with Crippen molar-refractivity contribution in [3.63, 3.8) is 0 Å². The molecule has 1 aromatic heterocycles. The molecule has 1 rings (SSSR count). The summed E-state index contributed by atoms with van der Waals surface area (Å²) in [5, 5.41) is 9.63. The van der Waals surface area contributed by atoms with E-state index < -0.39 is 5.97 Å². The zero-order valence-corrected chi connectivity index (χ0v) is 10.6. The number of aliphatic carboxylic acids is 1. The lowest BCUT2D eigenvalue weighted by molar-refractivity contribution is -0.137. The molecule has 90 valence electrons. The van der Waals surface area contributed by atoms with E-state index in [0.717, 1.165) is 24.5 Å². The number of aromatic nitrogens is 1. The molecule has 0 amide bonds. The van der Waals surface area contributed by atoms with Gasteiger partial charge < -0.3 is 5.11 Å². The molecule has 1 heterocycles. The lowest BCUT2D eigenvalue weighted by atomic mass is 10.3. The third-order valence-corrected chi connectivity index (χ3v) is 3.41. The highest BCUT2D eigenvalue weighted by atomic mass is 32.1. The molecule has 4 nitrogen and oxygen atoms in total. The second kappa shape index (κ2) is 6.60. The summed E-state index contributed by atoms with van der Waals surface area (Å²) in [4.78, 5) is 18.1. The average molecular weight is 242 g/mol. The van der Waals surface area contributed by atoms with Gasteiger partial charge in [-0.2, -0.15) is 0 Å². The number of carboxylic acid groups (broad SMARTS) is 1. The van der Waals surface area contributed by atoms with Crippen LogP contribution in [0.5, 0.6) is 0 Å². The molecule has 0 aliphatic rings. The lowest BCUT2D eigenvalue weighted by Crippen LogP contribution is -2.19. The number of aryl methyl sites for hydroxylation is 1. The molecular weight excluding hydrogens is 224 g/mol. The van der Waals surface area contributed by atoms with E-state index in [-0.39, 0.29) is 6.42 Å². The molecule has 5 heteroatoms. The molecule has 0 aromatic carbocycles. The molecule has 0 unspecified atom stereocenters. The Morgan fingerprint density at radius 3 is 2.94 bits per heavy atom. The van der Waals surface area contributed by atoms with Crippen LogP contribution in [0.2, 0.25) is 0 Å². The second-order valence-electron chi connectivity index (χ2n) is 3.81. The maximum absolute atomic E-state index is 10.4. The van der Waals surface area contributed by atoms with Crippen molar-refractivity contribution in [2.45, 2.75) is 32.7 Å². The van der Waals surface area contributed by atoms with Crippen molar-refractivity contribution < 1.29 is 9.90 Å². The molecule has 0 saturated heterocycles. The van der Waals surface area contributed by atoms with Crippen LogP contribution in [0.3, 0.4) is 0 Å². The number of hydrogen-bond acceptors (Lipinski definition) is 4. The van der Waals surface area contributed by atoms with E-state index in [0.29, 0.717) is 6.42 Å². The van der Waals surface area contributed by atoms with Gasteiger partial charge in [-0.25, -0.2) is 4.98 Å². The fraction of sp³-hybridized carbons (Fsp3) is 0.636. The van der Waals surface area contributed by atoms with Crippen molar-refractivity contribution in [3.05, 3.63) is 16.1 Å². The smallest absolute Gasteiger partial charge is 0.303 e. The van der Waals surface area contributed by atoms with Crippen LogP contribution in [0.4, 0.5) is 0 Å². The van der Waals surface area contributed by atoms with Gasteiger partial charge in [-0.1, -0.05) is 6.92 Å². The summed E-state index contributed by atoms with van der Waals surface area (Å²) in [6, 6.07) is 0. The molecule has 0 spiro atoms. The zero-order chi connectivity index (χ0) is 12.0. The first-order valence-electron chi connectivity index (χ1n) is 5.45. The summed E-state index contributed by atoms with van der Waals surface area (Å²) in [5.41, 5.74) is 0. The van der Waals surface area contributed by atoms with Crippen LogP contribution in [-0.2, 0) is 17.8 Å². The Morgan fingerprint density at radius 1 is 1.62 bits per heavy atom. The second-order valence-corrected chi connectivity index (χ2v) is 5.01. The first-order chi connectivity index (χ1) is 7.61. The van der Waals surface area contributed by atoms with Gasteiger partial charge in [0.05, 0.1) is 6.54 Å². The van der Waals surface area contributed by atoms with Gasteiger partial charge in [-0.15, -0.1) is 11.3 Å². The van der Waals surface area contributed by atoms with Crippen molar-refractivity contribution in [1.82, 2.24) is 9.88 Å². The highest BCUT2D eigenvalue weighted by Crippen LogP contribution is 2.14.